The molecule has 0 saturated carbocycles. The highest BCUT2D eigenvalue weighted by molar-refractivity contribution is 6.46. The molecule has 1 aliphatic heterocycles. The standard InChI is InChI=1S/C25H29ClN2O4/c1-5-14-32-20-11-8-18(15-16(20)2)23(29)21-22(17-6-9-19(26)10-7-17)28(13-12-27(3)4)25(31)24(21)30/h6-11,15,22,29H,5,12-14H2,1-4H3/t22-/m0/s1. The third-order valence-electron chi connectivity index (χ3n) is 5.42. The van der Waals surface area contributed by atoms with E-state index in [1.807, 2.05) is 32.8 Å². The quantitative estimate of drug-likeness (QED) is 0.361. The highest BCUT2D eigenvalue weighted by Gasteiger charge is 2.45. The number of carbonyl (C=O) groups is 2. The summed E-state index contributed by atoms with van der Waals surface area (Å²) >= 11 is 6.05. The van der Waals surface area contributed by atoms with Crippen LogP contribution in [0.5, 0.6) is 5.75 Å². The van der Waals surface area contributed by atoms with E-state index in [0.717, 1.165) is 17.7 Å². The SMILES string of the molecule is CCCOc1ccc(C(O)=C2C(=O)C(=O)N(CCN(C)C)[C@H]2c2ccc(Cl)cc2)cc1C. The Bertz CT molecular complexity index is 1030. The van der Waals surface area contributed by atoms with E-state index in [9.17, 15) is 14.7 Å². The van der Waals surface area contributed by atoms with Crippen LogP contribution in [0.4, 0.5) is 0 Å². The number of likely N-dealkylation sites (N-methyl/N-ethyl adjacent to an activating group) is 1. The van der Waals surface area contributed by atoms with Gasteiger partial charge in [-0.3, -0.25) is 9.59 Å². The normalized spacial score (nSPS) is 17.9. The summed E-state index contributed by atoms with van der Waals surface area (Å²) in [6.07, 6.45) is 0.888. The van der Waals surface area contributed by atoms with Crippen molar-refractivity contribution in [2.75, 3.05) is 33.8 Å². The first-order chi connectivity index (χ1) is 15.2. The van der Waals surface area contributed by atoms with Crippen LogP contribution in [0.1, 0.15) is 36.1 Å². The number of aryl methyl sites for hydroxylation is 1. The molecule has 1 N–H and O–H groups in total. The van der Waals surface area contributed by atoms with E-state index in [4.69, 9.17) is 16.3 Å². The molecule has 2 aromatic rings. The second kappa shape index (κ2) is 10.2. The number of nitrogens with zero attached hydrogens (tertiary/aromatic N) is 2. The molecule has 0 radical (unpaired) electrons. The molecule has 0 spiro atoms. The Balaban J connectivity index is 2.09. The van der Waals surface area contributed by atoms with Crippen LogP contribution in [0, 0.1) is 6.92 Å². The summed E-state index contributed by atoms with van der Waals surface area (Å²) in [5.74, 6) is -0.775. The van der Waals surface area contributed by atoms with Gasteiger partial charge in [0.05, 0.1) is 18.2 Å². The second-order valence-corrected chi connectivity index (χ2v) is 8.61. The molecule has 0 unspecified atom stereocenters. The topological polar surface area (TPSA) is 70.1 Å². The number of benzene rings is 2. The summed E-state index contributed by atoms with van der Waals surface area (Å²) in [4.78, 5) is 29.4. The summed E-state index contributed by atoms with van der Waals surface area (Å²) in [6, 6.07) is 11.6. The largest absolute Gasteiger partial charge is 0.507 e. The maximum atomic E-state index is 13.0. The van der Waals surface area contributed by atoms with Crippen LogP contribution in [-0.4, -0.2) is 60.4 Å². The molecule has 32 heavy (non-hydrogen) atoms. The first kappa shape index (κ1) is 23.8. The Labute approximate surface area is 194 Å². The van der Waals surface area contributed by atoms with Gasteiger partial charge in [-0.05, 0) is 68.9 Å². The first-order valence-corrected chi connectivity index (χ1v) is 11.0. The number of carbonyl (C=O) groups excluding carboxylic acids is 2. The molecule has 7 heteroatoms. The molecule has 6 nitrogen and oxygen atoms in total. The number of halogens is 1. The van der Waals surface area contributed by atoms with Gasteiger partial charge in [0, 0.05) is 23.7 Å². The van der Waals surface area contributed by atoms with Crippen molar-refractivity contribution in [1.82, 2.24) is 9.80 Å². The molecule has 1 amide bonds. The van der Waals surface area contributed by atoms with Gasteiger partial charge in [-0.1, -0.05) is 30.7 Å². The van der Waals surface area contributed by atoms with E-state index >= 15 is 0 Å². The molecular weight excluding hydrogens is 428 g/mol. The molecule has 2 aromatic carbocycles. The molecular formula is C25H29ClN2O4. The number of likely N-dealkylation sites (tertiary alicyclic amines) is 1. The summed E-state index contributed by atoms with van der Waals surface area (Å²) in [7, 11) is 3.80. The minimum absolute atomic E-state index is 0.0812. The Morgan fingerprint density at radius 3 is 2.44 bits per heavy atom. The van der Waals surface area contributed by atoms with Gasteiger partial charge in [0.1, 0.15) is 11.5 Å². The zero-order chi connectivity index (χ0) is 23.4. The van der Waals surface area contributed by atoms with Crippen LogP contribution in [0.15, 0.2) is 48.0 Å². The molecule has 0 aromatic heterocycles. The molecule has 170 valence electrons. The minimum atomic E-state index is -0.691. The highest BCUT2D eigenvalue weighted by Crippen LogP contribution is 2.40. The summed E-state index contributed by atoms with van der Waals surface area (Å²) in [5, 5.41) is 11.7. The van der Waals surface area contributed by atoms with Crippen molar-refractivity contribution in [3.8, 4) is 5.75 Å². The van der Waals surface area contributed by atoms with E-state index < -0.39 is 17.7 Å². The summed E-state index contributed by atoms with van der Waals surface area (Å²) in [5.41, 5.74) is 2.11. The summed E-state index contributed by atoms with van der Waals surface area (Å²) < 4.78 is 5.71. The van der Waals surface area contributed by atoms with E-state index in [0.29, 0.717) is 35.8 Å². The monoisotopic (exact) mass is 456 g/mol. The number of ether oxygens (including phenoxy) is 1. The number of aliphatic hydroxyl groups excluding tert-OH is 1. The van der Waals surface area contributed by atoms with Crippen molar-refractivity contribution in [2.45, 2.75) is 26.3 Å². The fraction of sp³-hybridized carbons (Fsp3) is 0.360. The van der Waals surface area contributed by atoms with E-state index in [2.05, 4.69) is 0 Å². The average molecular weight is 457 g/mol. The maximum absolute atomic E-state index is 13.0. The van der Waals surface area contributed by atoms with Crippen LogP contribution in [-0.2, 0) is 9.59 Å². The number of hydrogen-bond donors (Lipinski definition) is 1. The predicted molar refractivity (Wildman–Crippen MR) is 126 cm³/mol. The smallest absolute Gasteiger partial charge is 0.295 e. The van der Waals surface area contributed by atoms with E-state index in [1.165, 1.54) is 4.90 Å². The van der Waals surface area contributed by atoms with Crippen LogP contribution >= 0.6 is 11.6 Å². The third-order valence-corrected chi connectivity index (χ3v) is 5.68. The lowest BCUT2D eigenvalue weighted by atomic mass is 9.95. The molecule has 3 rings (SSSR count). The van der Waals surface area contributed by atoms with Gasteiger partial charge < -0.3 is 19.6 Å². The number of aliphatic hydroxyl groups is 1. The number of rotatable bonds is 8. The fourth-order valence-electron chi connectivity index (χ4n) is 3.74. The molecule has 0 bridgehead atoms. The van der Waals surface area contributed by atoms with E-state index in [1.54, 1.807) is 42.5 Å². The van der Waals surface area contributed by atoms with Gasteiger partial charge in [0.25, 0.3) is 11.7 Å². The minimum Gasteiger partial charge on any atom is -0.507 e. The van der Waals surface area contributed by atoms with Crippen LogP contribution < -0.4 is 4.74 Å². The molecule has 1 fully saturated rings. The maximum Gasteiger partial charge on any atom is 0.295 e. The Morgan fingerprint density at radius 1 is 1.16 bits per heavy atom. The van der Waals surface area contributed by atoms with Gasteiger partial charge in [0.15, 0.2) is 0 Å². The van der Waals surface area contributed by atoms with Crippen LogP contribution in [0.2, 0.25) is 5.02 Å². The number of Topliss-reactive ketones (excluding diaryl/α,β-unsaturated/α-hetero) is 1. The van der Waals surface area contributed by atoms with Gasteiger partial charge in [0.2, 0.25) is 0 Å². The molecule has 1 saturated heterocycles. The lowest BCUT2D eigenvalue weighted by molar-refractivity contribution is -0.140. The van der Waals surface area contributed by atoms with Gasteiger partial charge in [-0.2, -0.15) is 0 Å². The lowest BCUT2D eigenvalue weighted by Crippen LogP contribution is -2.35. The Hall–Kier alpha value is -2.83. The molecule has 1 heterocycles. The highest BCUT2D eigenvalue weighted by atomic mass is 35.5. The zero-order valence-corrected chi connectivity index (χ0v) is 19.6. The number of ketones is 1. The second-order valence-electron chi connectivity index (χ2n) is 8.18. The molecule has 0 aliphatic carbocycles. The third kappa shape index (κ3) is 4.97. The molecule has 1 atom stereocenters. The van der Waals surface area contributed by atoms with Crippen LogP contribution in [0.25, 0.3) is 5.76 Å². The van der Waals surface area contributed by atoms with Crippen molar-refractivity contribution < 1.29 is 19.4 Å². The van der Waals surface area contributed by atoms with Crippen molar-refractivity contribution in [2.24, 2.45) is 0 Å². The van der Waals surface area contributed by atoms with Crippen molar-refractivity contribution in [3.05, 3.63) is 69.8 Å². The Morgan fingerprint density at radius 2 is 1.84 bits per heavy atom. The first-order valence-electron chi connectivity index (χ1n) is 10.7. The number of amides is 1. The van der Waals surface area contributed by atoms with Gasteiger partial charge in [-0.15, -0.1) is 0 Å². The molecule has 1 aliphatic rings. The Kier molecular flexibility index (Phi) is 7.59. The average Bonchev–Trinajstić information content (AvgIpc) is 3.01. The zero-order valence-electron chi connectivity index (χ0n) is 18.9. The summed E-state index contributed by atoms with van der Waals surface area (Å²) in [6.45, 7) is 5.44. The van der Waals surface area contributed by atoms with Gasteiger partial charge >= 0.3 is 0 Å². The van der Waals surface area contributed by atoms with Crippen molar-refractivity contribution in [1.29, 1.82) is 0 Å². The lowest BCUT2D eigenvalue weighted by Gasteiger charge is -2.26. The predicted octanol–water partition coefficient (Wildman–Crippen LogP) is 4.42. The number of hydrogen-bond acceptors (Lipinski definition) is 5. The van der Waals surface area contributed by atoms with Crippen molar-refractivity contribution >= 4 is 29.1 Å². The fourth-order valence-corrected chi connectivity index (χ4v) is 3.86. The van der Waals surface area contributed by atoms with Gasteiger partial charge in [-0.25, -0.2) is 0 Å². The van der Waals surface area contributed by atoms with Crippen LogP contribution in [0.3, 0.4) is 0 Å². The van der Waals surface area contributed by atoms with E-state index in [-0.39, 0.29) is 11.3 Å². The van der Waals surface area contributed by atoms with Crippen molar-refractivity contribution in [3.63, 3.8) is 0 Å².